The van der Waals surface area contributed by atoms with E-state index in [1.165, 1.54) is 5.56 Å². The third-order valence-electron chi connectivity index (χ3n) is 4.67. The number of hydrogen-bond donors (Lipinski definition) is 0. The quantitative estimate of drug-likeness (QED) is 0.559. The van der Waals surface area contributed by atoms with Crippen molar-refractivity contribution in [3.05, 3.63) is 53.9 Å². The third kappa shape index (κ3) is 4.73. The monoisotopic (exact) mass is 356 g/mol. The van der Waals surface area contributed by atoms with Crippen molar-refractivity contribution >= 4 is 5.97 Å². The van der Waals surface area contributed by atoms with Crippen LogP contribution in [0.2, 0.25) is 0 Å². The number of hydrogen-bond acceptors (Lipinski definition) is 4. The molecule has 5 heteroatoms. The Labute approximate surface area is 155 Å². The van der Waals surface area contributed by atoms with Gasteiger partial charge in [0.1, 0.15) is 5.60 Å². The highest BCUT2D eigenvalue weighted by atomic mass is 16.6. The molecule has 0 unspecified atom stereocenters. The lowest BCUT2D eigenvalue weighted by Crippen LogP contribution is -2.25. The zero-order valence-corrected chi connectivity index (χ0v) is 16.0. The van der Waals surface area contributed by atoms with E-state index in [0.717, 1.165) is 5.56 Å². The third-order valence-corrected chi connectivity index (χ3v) is 4.67. The lowest BCUT2D eigenvalue weighted by atomic mass is 10.1. The molecule has 0 bridgehead atoms. The lowest BCUT2D eigenvalue weighted by Gasteiger charge is -2.19. The fourth-order valence-electron chi connectivity index (χ4n) is 3.30. The van der Waals surface area contributed by atoms with E-state index in [9.17, 15) is 4.79 Å². The van der Waals surface area contributed by atoms with Gasteiger partial charge in [-0.05, 0) is 37.8 Å². The van der Waals surface area contributed by atoms with Crippen LogP contribution in [0.3, 0.4) is 0 Å². The van der Waals surface area contributed by atoms with Crippen LogP contribution in [0, 0.1) is 11.8 Å². The molecule has 1 aliphatic rings. The molecule has 0 aliphatic heterocycles. The highest BCUT2D eigenvalue weighted by molar-refractivity contribution is 5.78. The van der Waals surface area contributed by atoms with E-state index >= 15 is 0 Å². The Balaban J connectivity index is 1.47. The minimum absolute atomic E-state index is 0.0544. The predicted molar refractivity (Wildman–Crippen MR) is 99.6 cm³/mol. The molecule has 26 heavy (non-hydrogen) atoms. The van der Waals surface area contributed by atoms with Gasteiger partial charge >= 0.3 is 5.97 Å². The Morgan fingerprint density at radius 1 is 1.23 bits per heavy atom. The summed E-state index contributed by atoms with van der Waals surface area (Å²) in [6.45, 7) is 9.72. The van der Waals surface area contributed by atoms with Gasteiger partial charge in [-0.15, -0.1) is 0 Å². The van der Waals surface area contributed by atoms with Crippen LogP contribution in [0.1, 0.15) is 44.7 Å². The van der Waals surface area contributed by atoms with Gasteiger partial charge in [-0.25, -0.2) is 0 Å². The summed E-state index contributed by atoms with van der Waals surface area (Å²) in [5.41, 5.74) is 1.83. The average Bonchev–Trinajstić information content (AvgIpc) is 3.03. The number of carbonyl (C=O) groups is 1. The largest absolute Gasteiger partial charge is 0.460 e. The van der Waals surface area contributed by atoms with Crippen molar-refractivity contribution in [2.75, 3.05) is 6.61 Å². The summed E-state index contributed by atoms with van der Waals surface area (Å²) >= 11 is 0. The molecule has 1 aliphatic carbocycles. The van der Waals surface area contributed by atoms with E-state index in [1.54, 1.807) is 0 Å². The highest BCUT2D eigenvalue weighted by Crippen LogP contribution is 2.54. The van der Waals surface area contributed by atoms with Gasteiger partial charge in [0.25, 0.3) is 0 Å². The molecular weight excluding hydrogens is 328 g/mol. The molecule has 0 spiro atoms. The Kier molecular flexibility index (Phi) is 5.47. The Morgan fingerprint density at radius 3 is 2.65 bits per heavy atom. The minimum atomic E-state index is -0.440. The first-order valence-corrected chi connectivity index (χ1v) is 9.22. The van der Waals surface area contributed by atoms with E-state index in [-0.39, 0.29) is 17.8 Å². The number of aromatic nitrogens is 2. The van der Waals surface area contributed by atoms with E-state index in [2.05, 4.69) is 24.2 Å². The number of esters is 1. The second kappa shape index (κ2) is 7.62. The van der Waals surface area contributed by atoms with Gasteiger partial charge in [0.05, 0.1) is 31.9 Å². The SMILES string of the molecule is C[C@@H]1[C@H](C(=O)OC(C)(C)C)[C@H]1c1cnn(CCOCc2ccccc2)c1. The van der Waals surface area contributed by atoms with Crippen molar-refractivity contribution < 1.29 is 14.3 Å². The molecule has 0 radical (unpaired) electrons. The van der Waals surface area contributed by atoms with Crippen molar-refractivity contribution in [3.8, 4) is 0 Å². The van der Waals surface area contributed by atoms with Gasteiger partial charge in [-0.2, -0.15) is 5.10 Å². The second-order valence-corrected chi connectivity index (χ2v) is 8.02. The van der Waals surface area contributed by atoms with Gasteiger partial charge < -0.3 is 9.47 Å². The maximum absolute atomic E-state index is 12.3. The van der Waals surface area contributed by atoms with E-state index in [1.807, 2.05) is 56.0 Å². The molecule has 3 rings (SSSR count). The second-order valence-electron chi connectivity index (χ2n) is 8.02. The fraction of sp³-hybridized carbons (Fsp3) is 0.524. The van der Waals surface area contributed by atoms with Gasteiger partial charge in [-0.1, -0.05) is 37.3 Å². The number of carbonyl (C=O) groups excluding carboxylic acids is 1. The Bertz CT molecular complexity index is 733. The number of rotatable bonds is 7. The van der Waals surface area contributed by atoms with Crippen molar-refractivity contribution in [1.82, 2.24) is 9.78 Å². The Morgan fingerprint density at radius 2 is 1.96 bits per heavy atom. The number of nitrogens with zero attached hydrogens (tertiary/aromatic N) is 2. The van der Waals surface area contributed by atoms with Crippen LogP contribution in [-0.2, 0) is 27.4 Å². The number of ether oxygens (including phenoxy) is 2. The molecule has 3 atom stereocenters. The molecule has 1 fully saturated rings. The van der Waals surface area contributed by atoms with Crippen LogP contribution in [0.25, 0.3) is 0 Å². The summed E-state index contributed by atoms with van der Waals surface area (Å²) in [5, 5.41) is 4.41. The van der Waals surface area contributed by atoms with Crippen molar-refractivity contribution in [2.24, 2.45) is 11.8 Å². The molecule has 1 aromatic carbocycles. The van der Waals surface area contributed by atoms with Crippen LogP contribution < -0.4 is 0 Å². The summed E-state index contributed by atoms with van der Waals surface area (Å²) in [7, 11) is 0. The van der Waals surface area contributed by atoms with Crippen LogP contribution in [0.4, 0.5) is 0 Å². The van der Waals surface area contributed by atoms with Crippen molar-refractivity contribution in [3.63, 3.8) is 0 Å². The zero-order chi connectivity index (χ0) is 18.7. The summed E-state index contributed by atoms with van der Waals surface area (Å²) in [6.07, 6.45) is 3.89. The van der Waals surface area contributed by atoms with Gasteiger partial charge in [0.15, 0.2) is 0 Å². The highest BCUT2D eigenvalue weighted by Gasteiger charge is 2.54. The van der Waals surface area contributed by atoms with Crippen LogP contribution in [0.15, 0.2) is 42.7 Å². The van der Waals surface area contributed by atoms with E-state index in [4.69, 9.17) is 9.47 Å². The molecule has 5 nitrogen and oxygen atoms in total. The average molecular weight is 356 g/mol. The predicted octanol–water partition coefficient (Wildman–Crippen LogP) is 3.79. The standard InChI is InChI=1S/C21H28N2O3/c1-15-18(19(15)20(24)26-21(2,3)4)17-12-22-23(13-17)10-11-25-14-16-8-6-5-7-9-16/h5-9,12-13,15,18-19H,10-11,14H2,1-4H3/t15-,18+,19-/m0/s1. The first-order valence-electron chi connectivity index (χ1n) is 9.22. The maximum atomic E-state index is 12.3. The van der Waals surface area contributed by atoms with Crippen LogP contribution in [0.5, 0.6) is 0 Å². The number of benzene rings is 1. The first-order chi connectivity index (χ1) is 12.3. The van der Waals surface area contributed by atoms with Crippen molar-refractivity contribution in [1.29, 1.82) is 0 Å². The molecule has 0 saturated heterocycles. The molecule has 1 heterocycles. The minimum Gasteiger partial charge on any atom is -0.460 e. The van der Waals surface area contributed by atoms with E-state index in [0.29, 0.717) is 25.7 Å². The summed E-state index contributed by atoms with van der Waals surface area (Å²) in [4.78, 5) is 12.3. The molecule has 1 aromatic heterocycles. The molecule has 2 aromatic rings. The van der Waals surface area contributed by atoms with Gasteiger partial charge in [0.2, 0.25) is 0 Å². The van der Waals surface area contributed by atoms with Gasteiger partial charge in [-0.3, -0.25) is 9.48 Å². The Hall–Kier alpha value is -2.14. The summed E-state index contributed by atoms with van der Waals surface area (Å²) in [5.74, 6) is 0.357. The van der Waals surface area contributed by atoms with Crippen LogP contribution >= 0.6 is 0 Å². The summed E-state index contributed by atoms with van der Waals surface area (Å²) in [6, 6.07) is 10.1. The normalized spacial score (nSPS) is 22.2. The van der Waals surface area contributed by atoms with Gasteiger partial charge in [0, 0.05) is 12.1 Å². The zero-order valence-electron chi connectivity index (χ0n) is 16.0. The van der Waals surface area contributed by atoms with Crippen LogP contribution in [-0.4, -0.2) is 28.0 Å². The van der Waals surface area contributed by atoms with Crippen molar-refractivity contribution in [2.45, 2.75) is 52.4 Å². The molecular formula is C21H28N2O3. The lowest BCUT2D eigenvalue weighted by molar-refractivity contribution is -0.156. The smallest absolute Gasteiger partial charge is 0.310 e. The fourth-order valence-corrected chi connectivity index (χ4v) is 3.30. The van der Waals surface area contributed by atoms with E-state index < -0.39 is 5.60 Å². The molecule has 0 N–H and O–H groups in total. The molecule has 0 amide bonds. The topological polar surface area (TPSA) is 53.3 Å². The molecule has 140 valence electrons. The first kappa shape index (κ1) is 18.6. The summed E-state index contributed by atoms with van der Waals surface area (Å²) < 4.78 is 13.1. The molecule has 1 saturated carbocycles. The maximum Gasteiger partial charge on any atom is 0.310 e.